The van der Waals surface area contributed by atoms with Crippen LogP contribution < -0.4 is 4.90 Å². The molecule has 5 heteroatoms. The number of fused-ring (bicyclic) bond motifs is 1. The molecule has 2 aliphatic rings. The van der Waals surface area contributed by atoms with Crippen LogP contribution in [0, 0.1) is 6.92 Å². The van der Waals surface area contributed by atoms with Crippen LogP contribution >= 0.6 is 11.8 Å². The Labute approximate surface area is 190 Å². The molecule has 2 aromatic rings. The summed E-state index contributed by atoms with van der Waals surface area (Å²) < 4.78 is 0. The summed E-state index contributed by atoms with van der Waals surface area (Å²) in [5, 5.41) is 0.746. The van der Waals surface area contributed by atoms with Crippen molar-refractivity contribution in [3.05, 3.63) is 64.1 Å². The summed E-state index contributed by atoms with van der Waals surface area (Å²) in [6.45, 7) is 11.6. The van der Waals surface area contributed by atoms with E-state index in [0.29, 0.717) is 12.5 Å². The van der Waals surface area contributed by atoms with Gasteiger partial charge in [-0.05, 0) is 98.8 Å². The van der Waals surface area contributed by atoms with Crippen molar-refractivity contribution >= 4 is 40.3 Å². The van der Waals surface area contributed by atoms with Gasteiger partial charge in [0.2, 0.25) is 0 Å². The van der Waals surface area contributed by atoms with Crippen molar-refractivity contribution in [3.63, 3.8) is 0 Å². The molecule has 0 unspecified atom stereocenters. The molecule has 4 nitrogen and oxygen atoms in total. The number of thioether (sulfide) groups is 1. The first-order chi connectivity index (χ1) is 14.7. The lowest BCUT2D eigenvalue weighted by molar-refractivity contribution is -0.122. The van der Waals surface area contributed by atoms with Gasteiger partial charge in [-0.2, -0.15) is 0 Å². The second-order valence-electron chi connectivity index (χ2n) is 9.13. The van der Waals surface area contributed by atoms with Gasteiger partial charge >= 0.3 is 0 Å². The predicted molar refractivity (Wildman–Crippen MR) is 133 cm³/mol. The van der Waals surface area contributed by atoms with E-state index in [0.717, 1.165) is 27.7 Å². The third-order valence-corrected chi connectivity index (χ3v) is 7.50. The Morgan fingerprint density at radius 2 is 1.94 bits per heavy atom. The smallest absolute Gasteiger partial charge is 0.266 e. The quantitative estimate of drug-likeness (QED) is 0.530. The maximum atomic E-state index is 13.1. The first-order valence-corrected chi connectivity index (χ1v) is 11.8. The lowest BCUT2D eigenvalue weighted by atomic mass is 9.79. The molecule has 2 aromatic carbocycles. The highest BCUT2D eigenvalue weighted by Crippen LogP contribution is 2.44. The molecule has 31 heavy (non-hydrogen) atoms. The lowest BCUT2D eigenvalue weighted by Crippen LogP contribution is -2.45. The van der Waals surface area contributed by atoms with Gasteiger partial charge in [-0.25, -0.2) is 4.99 Å². The summed E-state index contributed by atoms with van der Waals surface area (Å²) in [5.74, 6) is 0.513. The molecule has 2 aliphatic heterocycles. The van der Waals surface area contributed by atoms with Crippen LogP contribution in [0.4, 0.5) is 11.4 Å². The number of amides is 1. The van der Waals surface area contributed by atoms with Gasteiger partial charge in [-0.15, -0.1) is 0 Å². The van der Waals surface area contributed by atoms with Crippen molar-refractivity contribution in [3.8, 4) is 0 Å². The number of hydrogen-bond acceptors (Lipinski definition) is 4. The van der Waals surface area contributed by atoms with Crippen LogP contribution in [0.25, 0.3) is 6.08 Å². The fraction of sp³-hybridized carbons (Fsp3) is 0.385. The summed E-state index contributed by atoms with van der Waals surface area (Å²) in [6.07, 6.45) is 3.16. The maximum absolute atomic E-state index is 13.1. The zero-order valence-electron chi connectivity index (χ0n) is 19.3. The average molecular weight is 434 g/mol. The second-order valence-corrected chi connectivity index (χ2v) is 10.1. The number of hydrogen-bond donors (Lipinski definition) is 0. The summed E-state index contributed by atoms with van der Waals surface area (Å²) >= 11 is 1.47. The van der Waals surface area contributed by atoms with Gasteiger partial charge < -0.3 is 4.90 Å². The van der Waals surface area contributed by atoms with Crippen LogP contribution in [0.5, 0.6) is 0 Å². The monoisotopic (exact) mass is 433 g/mol. The summed E-state index contributed by atoms with van der Waals surface area (Å²) in [4.78, 5) is 22.7. The number of benzene rings is 2. The number of para-hydroxylation sites is 1. The number of aliphatic imine (C=N–C) groups is 1. The molecular formula is C26H31N3OS. The molecule has 4 rings (SSSR count). The van der Waals surface area contributed by atoms with Crippen LogP contribution in [0.15, 0.2) is 52.4 Å². The maximum Gasteiger partial charge on any atom is 0.266 e. The topological polar surface area (TPSA) is 35.9 Å². The number of carbonyl (C=O) groups excluding carboxylic acids is 1. The third-order valence-electron chi connectivity index (χ3n) is 6.49. The van der Waals surface area contributed by atoms with E-state index >= 15 is 0 Å². The van der Waals surface area contributed by atoms with Crippen LogP contribution in [-0.2, 0) is 4.79 Å². The number of rotatable bonds is 3. The van der Waals surface area contributed by atoms with E-state index < -0.39 is 0 Å². The Morgan fingerprint density at radius 3 is 2.61 bits per heavy atom. The van der Waals surface area contributed by atoms with Gasteiger partial charge in [0.25, 0.3) is 5.91 Å². The molecular weight excluding hydrogens is 402 g/mol. The van der Waals surface area contributed by atoms with Crippen LogP contribution in [0.3, 0.4) is 0 Å². The van der Waals surface area contributed by atoms with Crippen molar-refractivity contribution < 1.29 is 4.79 Å². The van der Waals surface area contributed by atoms with E-state index in [-0.39, 0.29) is 11.4 Å². The van der Waals surface area contributed by atoms with Gasteiger partial charge in [-0.1, -0.05) is 25.1 Å². The zero-order valence-corrected chi connectivity index (χ0v) is 20.1. The Kier molecular flexibility index (Phi) is 5.73. The Balaban J connectivity index is 1.71. The fourth-order valence-electron chi connectivity index (χ4n) is 4.51. The van der Waals surface area contributed by atoms with Crippen molar-refractivity contribution in [2.45, 2.75) is 52.5 Å². The molecule has 0 saturated carbocycles. The molecule has 2 heterocycles. The normalized spacial score (nSPS) is 23.0. The number of anilines is 1. The van der Waals surface area contributed by atoms with Gasteiger partial charge in [0.15, 0.2) is 5.17 Å². The van der Waals surface area contributed by atoms with E-state index in [1.165, 1.54) is 28.6 Å². The Hall–Kier alpha value is -2.53. The van der Waals surface area contributed by atoms with Gasteiger partial charge in [0.1, 0.15) is 0 Å². The van der Waals surface area contributed by atoms with E-state index in [9.17, 15) is 4.79 Å². The standard InChI is InChI=1S/C26H31N3OS/c1-7-29-24(30)23(31-25(29)27-20-11-9-8-10-12-20)15-19-14-21-18(3)16-26(4,5)28(6)22(21)13-17(19)2/h8-15,18H,7,16H2,1-6H3/b23-15-,27-25?/t18-/m1/s1. The lowest BCUT2D eigenvalue weighted by Gasteiger charge is -2.45. The van der Waals surface area contributed by atoms with Crippen molar-refractivity contribution in [1.29, 1.82) is 0 Å². The predicted octanol–water partition coefficient (Wildman–Crippen LogP) is 6.34. The van der Waals surface area contributed by atoms with Crippen molar-refractivity contribution in [2.24, 2.45) is 4.99 Å². The second kappa shape index (κ2) is 8.19. The van der Waals surface area contributed by atoms with Crippen LogP contribution in [0.1, 0.15) is 56.7 Å². The molecule has 0 aromatic heterocycles. The molecule has 0 radical (unpaired) electrons. The third kappa shape index (κ3) is 4.03. The van der Waals surface area contributed by atoms with Gasteiger partial charge in [-0.3, -0.25) is 9.69 Å². The number of nitrogens with zero attached hydrogens (tertiary/aromatic N) is 3. The fourth-order valence-corrected chi connectivity index (χ4v) is 5.57. The number of carbonyl (C=O) groups is 1. The zero-order chi connectivity index (χ0) is 22.3. The molecule has 1 saturated heterocycles. The van der Waals surface area contributed by atoms with E-state index in [1.807, 2.05) is 43.3 Å². The minimum absolute atomic E-state index is 0.0330. The minimum atomic E-state index is 0.0330. The largest absolute Gasteiger partial charge is 0.369 e. The highest BCUT2D eigenvalue weighted by atomic mass is 32.2. The number of likely N-dealkylation sites (N-methyl/N-ethyl adjacent to an activating group) is 1. The first-order valence-electron chi connectivity index (χ1n) is 10.9. The van der Waals surface area contributed by atoms with E-state index in [2.05, 4.69) is 51.8 Å². The number of aryl methyl sites for hydroxylation is 1. The van der Waals surface area contributed by atoms with Crippen LogP contribution in [0.2, 0.25) is 0 Å². The molecule has 0 aliphatic carbocycles. The molecule has 162 valence electrons. The molecule has 1 amide bonds. The minimum Gasteiger partial charge on any atom is -0.369 e. The highest BCUT2D eigenvalue weighted by Gasteiger charge is 2.35. The van der Waals surface area contributed by atoms with Crippen LogP contribution in [-0.4, -0.2) is 35.1 Å². The van der Waals surface area contributed by atoms with E-state index in [1.54, 1.807) is 4.90 Å². The summed E-state index contributed by atoms with van der Waals surface area (Å²) in [5.41, 5.74) is 5.97. The molecule has 0 bridgehead atoms. The highest BCUT2D eigenvalue weighted by molar-refractivity contribution is 8.18. The first kappa shape index (κ1) is 21.7. The van der Waals surface area contributed by atoms with Crippen molar-refractivity contribution in [1.82, 2.24) is 4.90 Å². The molecule has 1 atom stereocenters. The summed E-state index contributed by atoms with van der Waals surface area (Å²) in [6, 6.07) is 14.4. The Bertz CT molecular complexity index is 1070. The molecule has 0 spiro atoms. The summed E-state index contributed by atoms with van der Waals surface area (Å²) in [7, 11) is 2.18. The number of amidine groups is 1. The SMILES string of the molecule is CCN1C(=O)/C(=C/c2cc3c(cc2C)N(C)C(C)(C)C[C@H]3C)SC1=Nc1ccccc1. The average Bonchev–Trinajstić information content (AvgIpc) is 3.02. The van der Waals surface area contributed by atoms with Crippen molar-refractivity contribution in [2.75, 3.05) is 18.5 Å². The van der Waals surface area contributed by atoms with E-state index in [4.69, 9.17) is 4.99 Å². The molecule has 1 fully saturated rings. The Morgan fingerprint density at radius 1 is 1.23 bits per heavy atom. The van der Waals surface area contributed by atoms with Gasteiger partial charge in [0.05, 0.1) is 10.6 Å². The van der Waals surface area contributed by atoms with Gasteiger partial charge in [0, 0.05) is 24.8 Å². The molecule has 0 N–H and O–H groups in total.